The number of piperidine rings is 1. The van der Waals surface area contributed by atoms with Crippen LogP contribution in [-0.2, 0) is 6.54 Å². The van der Waals surface area contributed by atoms with E-state index in [1.807, 2.05) is 17.0 Å². The van der Waals surface area contributed by atoms with Gasteiger partial charge in [-0.15, -0.1) is 0 Å². The molecule has 1 spiro atoms. The van der Waals surface area contributed by atoms with Crippen LogP contribution in [0.4, 0.5) is 4.39 Å². The van der Waals surface area contributed by atoms with Crippen LogP contribution in [0.5, 0.6) is 0 Å². The van der Waals surface area contributed by atoms with Crippen LogP contribution in [0.2, 0.25) is 0 Å². The van der Waals surface area contributed by atoms with E-state index in [2.05, 4.69) is 9.88 Å². The van der Waals surface area contributed by atoms with Crippen LogP contribution in [0.1, 0.15) is 41.1 Å². The number of halogens is 1. The molecule has 0 radical (unpaired) electrons. The summed E-state index contributed by atoms with van der Waals surface area (Å²) in [5, 5.41) is 0. The fourth-order valence-electron chi connectivity index (χ4n) is 4.40. The van der Waals surface area contributed by atoms with Gasteiger partial charge in [0.15, 0.2) is 6.39 Å². The number of nitrogens with zero attached hydrogens (tertiary/aromatic N) is 3. The summed E-state index contributed by atoms with van der Waals surface area (Å²) in [4.78, 5) is 20.9. The Kier molecular flexibility index (Phi) is 4.53. The van der Waals surface area contributed by atoms with E-state index in [4.69, 9.17) is 4.42 Å². The molecule has 0 bridgehead atoms. The monoisotopic (exact) mass is 357 g/mol. The van der Waals surface area contributed by atoms with Crippen molar-refractivity contribution in [3.63, 3.8) is 0 Å². The van der Waals surface area contributed by atoms with Gasteiger partial charge in [0.05, 0.1) is 5.69 Å². The second-order valence-electron chi connectivity index (χ2n) is 7.65. The predicted molar refractivity (Wildman–Crippen MR) is 95.1 cm³/mol. The van der Waals surface area contributed by atoms with Crippen molar-refractivity contribution in [2.24, 2.45) is 5.41 Å². The van der Waals surface area contributed by atoms with Gasteiger partial charge in [0.25, 0.3) is 5.91 Å². The molecule has 1 amide bonds. The standard InChI is InChI=1S/C20H24FN3O2/c1-15-18(26-14-22-15)19(25)24-10-8-20(13-24)7-4-9-23(12-20)11-16-5-2-3-6-17(16)21/h2-3,5-6,14H,4,7-13H2,1H3. The fourth-order valence-corrected chi connectivity index (χ4v) is 4.40. The number of oxazole rings is 1. The van der Waals surface area contributed by atoms with E-state index in [9.17, 15) is 9.18 Å². The number of amides is 1. The van der Waals surface area contributed by atoms with Crippen molar-refractivity contribution in [2.75, 3.05) is 26.2 Å². The van der Waals surface area contributed by atoms with Crippen molar-refractivity contribution in [1.82, 2.24) is 14.8 Å². The molecule has 1 atom stereocenters. The minimum absolute atomic E-state index is 0.0666. The van der Waals surface area contributed by atoms with Gasteiger partial charge < -0.3 is 9.32 Å². The molecule has 5 nitrogen and oxygen atoms in total. The lowest BCUT2D eigenvalue weighted by Crippen LogP contribution is -2.45. The summed E-state index contributed by atoms with van der Waals surface area (Å²) in [5.41, 5.74) is 1.49. The summed E-state index contributed by atoms with van der Waals surface area (Å²) >= 11 is 0. The average Bonchev–Trinajstić information content (AvgIpc) is 3.23. The van der Waals surface area contributed by atoms with E-state index in [0.29, 0.717) is 18.0 Å². The summed E-state index contributed by atoms with van der Waals surface area (Å²) in [7, 11) is 0. The van der Waals surface area contributed by atoms with E-state index in [1.54, 1.807) is 13.0 Å². The molecular weight excluding hydrogens is 333 g/mol. The normalized spacial score (nSPS) is 23.7. The lowest BCUT2D eigenvalue weighted by Gasteiger charge is -2.40. The molecular formula is C20H24FN3O2. The molecule has 138 valence electrons. The smallest absolute Gasteiger partial charge is 0.291 e. The number of aryl methyl sites for hydroxylation is 1. The van der Waals surface area contributed by atoms with Gasteiger partial charge in [0.2, 0.25) is 5.76 Å². The molecule has 1 aromatic carbocycles. The lowest BCUT2D eigenvalue weighted by atomic mass is 9.79. The maximum absolute atomic E-state index is 14.0. The summed E-state index contributed by atoms with van der Waals surface area (Å²) in [6.07, 6.45) is 4.50. The van der Waals surface area contributed by atoms with Crippen LogP contribution in [0.15, 0.2) is 35.1 Å². The van der Waals surface area contributed by atoms with Gasteiger partial charge in [0, 0.05) is 37.2 Å². The number of likely N-dealkylation sites (tertiary alicyclic amines) is 2. The number of carbonyl (C=O) groups excluding carboxylic acids is 1. The first kappa shape index (κ1) is 17.2. The molecule has 2 saturated heterocycles. The zero-order chi connectivity index (χ0) is 18.1. The van der Waals surface area contributed by atoms with E-state index < -0.39 is 0 Å². The van der Waals surface area contributed by atoms with Gasteiger partial charge in [-0.25, -0.2) is 9.37 Å². The summed E-state index contributed by atoms with van der Waals surface area (Å²) in [6.45, 7) is 5.78. The maximum Gasteiger partial charge on any atom is 0.291 e. The van der Waals surface area contributed by atoms with Crippen LogP contribution in [0.3, 0.4) is 0 Å². The van der Waals surface area contributed by atoms with E-state index >= 15 is 0 Å². The highest BCUT2D eigenvalue weighted by molar-refractivity contribution is 5.92. The second-order valence-corrected chi connectivity index (χ2v) is 7.65. The Labute approximate surface area is 152 Å². The van der Waals surface area contributed by atoms with Crippen molar-refractivity contribution in [3.05, 3.63) is 53.5 Å². The quantitative estimate of drug-likeness (QED) is 0.846. The van der Waals surface area contributed by atoms with Crippen molar-refractivity contribution >= 4 is 5.91 Å². The first-order chi connectivity index (χ1) is 12.6. The molecule has 0 N–H and O–H groups in total. The number of hydrogen-bond acceptors (Lipinski definition) is 4. The summed E-state index contributed by atoms with van der Waals surface area (Å²) in [6, 6.07) is 6.98. The first-order valence-electron chi connectivity index (χ1n) is 9.21. The fraction of sp³-hybridized carbons (Fsp3) is 0.500. The van der Waals surface area contributed by atoms with E-state index in [1.165, 1.54) is 12.5 Å². The first-order valence-corrected chi connectivity index (χ1v) is 9.21. The summed E-state index contributed by atoms with van der Waals surface area (Å²) in [5.74, 6) is 0.139. The van der Waals surface area contributed by atoms with Crippen LogP contribution >= 0.6 is 0 Å². The zero-order valence-corrected chi connectivity index (χ0v) is 15.1. The number of carbonyl (C=O) groups is 1. The Balaban J connectivity index is 1.43. The largest absolute Gasteiger partial charge is 0.438 e. The van der Waals surface area contributed by atoms with Gasteiger partial charge in [-0.2, -0.15) is 0 Å². The molecule has 26 heavy (non-hydrogen) atoms. The van der Waals surface area contributed by atoms with Crippen molar-refractivity contribution in [3.8, 4) is 0 Å². The van der Waals surface area contributed by atoms with Crippen LogP contribution in [-0.4, -0.2) is 46.9 Å². The Morgan fingerprint density at radius 2 is 2.12 bits per heavy atom. The minimum Gasteiger partial charge on any atom is -0.438 e. The molecule has 0 aliphatic carbocycles. The number of aromatic nitrogens is 1. The maximum atomic E-state index is 14.0. The Morgan fingerprint density at radius 3 is 2.88 bits per heavy atom. The van der Waals surface area contributed by atoms with Crippen molar-refractivity contribution < 1.29 is 13.6 Å². The van der Waals surface area contributed by atoms with Gasteiger partial charge in [-0.05, 0) is 38.8 Å². The Hall–Kier alpha value is -2.21. The number of hydrogen-bond donors (Lipinski definition) is 0. The Morgan fingerprint density at radius 1 is 1.27 bits per heavy atom. The van der Waals surface area contributed by atoms with Crippen LogP contribution in [0, 0.1) is 18.2 Å². The van der Waals surface area contributed by atoms with Gasteiger partial charge >= 0.3 is 0 Å². The van der Waals surface area contributed by atoms with Crippen LogP contribution in [0.25, 0.3) is 0 Å². The van der Waals surface area contributed by atoms with Gasteiger partial charge in [-0.3, -0.25) is 9.69 Å². The SMILES string of the molecule is Cc1ncoc1C(=O)N1CCC2(CCCN(Cc3ccccc3F)C2)C1. The third-order valence-electron chi connectivity index (χ3n) is 5.76. The molecule has 1 aromatic heterocycles. The number of benzene rings is 1. The molecule has 3 heterocycles. The molecule has 2 aromatic rings. The molecule has 6 heteroatoms. The predicted octanol–water partition coefficient (Wildman–Crippen LogP) is 3.25. The van der Waals surface area contributed by atoms with E-state index in [0.717, 1.165) is 51.0 Å². The molecule has 2 fully saturated rings. The third-order valence-corrected chi connectivity index (χ3v) is 5.76. The second kappa shape index (κ2) is 6.83. The zero-order valence-electron chi connectivity index (χ0n) is 15.1. The molecule has 0 saturated carbocycles. The van der Waals surface area contributed by atoms with Crippen molar-refractivity contribution in [1.29, 1.82) is 0 Å². The Bertz CT molecular complexity index is 806. The highest BCUT2D eigenvalue weighted by atomic mass is 19.1. The lowest BCUT2D eigenvalue weighted by molar-refractivity contribution is 0.0649. The number of rotatable bonds is 3. The van der Waals surface area contributed by atoms with Gasteiger partial charge in [0.1, 0.15) is 5.82 Å². The van der Waals surface area contributed by atoms with Crippen LogP contribution < -0.4 is 0 Å². The highest BCUT2D eigenvalue weighted by Gasteiger charge is 2.43. The minimum atomic E-state index is -0.142. The average molecular weight is 357 g/mol. The molecule has 4 rings (SSSR count). The van der Waals surface area contributed by atoms with Gasteiger partial charge in [-0.1, -0.05) is 18.2 Å². The molecule has 2 aliphatic heterocycles. The third kappa shape index (κ3) is 3.26. The summed E-state index contributed by atoms with van der Waals surface area (Å²) < 4.78 is 19.3. The molecule has 2 aliphatic rings. The van der Waals surface area contributed by atoms with Crippen molar-refractivity contribution in [2.45, 2.75) is 32.7 Å². The molecule has 1 unspecified atom stereocenters. The van der Waals surface area contributed by atoms with E-state index in [-0.39, 0.29) is 17.1 Å². The highest BCUT2D eigenvalue weighted by Crippen LogP contribution is 2.40. The topological polar surface area (TPSA) is 49.6 Å².